The van der Waals surface area contributed by atoms with E-state index in [-0.39, 0.29) is 16.7 Å². The molecule has 0 atom stereocenters. The smallest absolute Gasteiger partial charge is 0.126 e. The van der Waals surface area contributed by atoms with Crippen molar-refractivity contribution in [3.05, 3.63) is 137 Å². The molecular formula is C37H20F6N4. The van der Waals surface area contributed by atoms with E-state index in [1.165, 1.54) is 36.4 Å². The molecule has 4 nitrogen and oxygen atoms in total. The van der Waals surface area contributed by atoms with Crippen LogP contribution in [-0.4, -0.2) is 19.9 Å². The molecule has 0 fully saturated rings. The lowest BCUT2D eigenvalue weighted by molar-refractivity contribution is 0.583. The lowest BCUT2D eigenvalue weighted by Gasteiger charge is -2.06. The van der Waals surface area contributed by atoms with E-state index in [0.717, 1.165) is 18.2 Å². The molecule has 3 aromatic carbocycles. The number of benzene rings is 3. The molecule has 0 amide bonds. The first-order valence-electron chi connectivity index (χ1n) is 14.4. The Balaban J connectivity index is 1.58. The standard InChI is InChI=1S/C37H20F6N4/c38-21-9-18(10-22(39)15-21)35-29-3-1-27(44-29)28-2-4-30(45-28)36(19-11-23(40)16-24(41)12-19)32-6-8-34(47-32)37(33-7-5-31(35)46-33)20-13-25(42)17-26(43)14-20/h1-17,44,46-47H. The Morgan fingerprint density at radius 1 is 0.340 bits per heavy atom. The number of aromatic nitrogens is 4. The van der Waals surface area contributed by atoms with Gasteiger partial charge in [0, 0.05) is 62.5 Å². The summed E-state index contributed by atoms with van der Waals surface area (Å²) in [5, 5.41) is 0. The summed E-state index contributed by atoms with van der Waals surface area (Å²) in [6.45, 7) is 0. The predicted molar refractivity (Wildman–Crippen MR) is 171 cm³/mol. The summed E-state index contributed by atoms with van der Waals surface area (Å²) in [6, 6.07) is 19.7. The highest BCUT2D eigenvalue weighted by Crippen LogP contribution is 2.36. The van der Waals surface area contributed by atoms with Gasteiger partial charge in [-0.3, -0.25) is 0 Å². The van der Waals surface area contributed by atoms with Crippen molar-refractivity contribution < 1.29 is 26.3 Å². The van der Waals surface area contributed by atoms with Gasteiger partial charge in [-0.15, -0.1) is 0 Å². The third-order valence-electron chi connectivity index (χ3n) is 8.03. The minimum atomic E-state index is -0.806. The minimum absolute atomic E-state index is 0.182. The van der Waals surface area contributed by atoms with Gasteiger partial charge in [0.15, 0.2) is 0 Å². The summed E-state index contributed by atoms with van der Waals surface area (Å²) in [5.41, 5.74) is 5.44. The summed E-state index contributed by atoms with van der Waals surface area (Å²) in [4.78, 5) is 14.6. The van der Waals surface area contributed by atoms with Gasteiger partial charge in [0.1, 0.15) is 34.9 Å². The predicted octanol–water partition coefficient (Wildman–Crippen LogP) is 10.5. The zero-order valence-corrected chi connectivity index (χ0v) is 24.0. The van der Waals surface area contributed by atoms with Crippen molar-refractivity contribution in [3.8, 4) is 33.4 Å². The van der Waals surface area contributed by atoms with Crippen molar-refractivity contribution in [3.63, 3.8) is 0 Å². The second-order valence-corrected chi connectivity index (χ2v) is 11.2. The molecule has 7 aromatic rings. The van der Waals surface area contributed by atoms with Gasteiger partial charge >= 0.3 is 0 Å². The molecule has 4 aromatic heterocycles. The molecule has 0 saturated heterocycles. The van der Waals surface area contributed by atoms with Gasteiger partial charge < -0.3 is 15.0 Å². The Labute approximate surface area is 262 Å². The van der Waals surface area contributed by atoms with Gasteiger partial charge in [-0.2, -0.15) is 0 Å². The van der Waals surface area contributed by atoms with Crippen LogP contribution in [0.4, 0.5) is 26.3 Å². The van der Waals surface area contributed by atoms with Crippen molar-refractivity contribution in [2.75, 3.05) is 0 Å². The van der Waals surface area contributed by atoms with Gasteiger partial charge in [-0.05, 0) is 102 Å². The van der Waals surface area contributed by atoms with E-state index < -0.39 is 34.9 Å². The average Bonchev–Trinajstić information content (AvgIpc) is 3.81. The molecule has 0 unspecified atom stereocenters. The van der Waals surface area contributed by atoms with Crippen molar-refractivity contribution in [1.82, 2.24) is 19.9 Å². The Bertz CT molecular complexity index is 2500. The number of rotatable bonds is 3. The maximum atomic E-state index is 14.6. The number of aromatic amines is 3. The van der Waals surface area contributed by atoms with Gasteiger partial charge in [-0.1, -0.05) is 0 Å². The first-order valence-corrected chi connectivity index (χ1v) is 14.4. The molecule has 1 aliphatic rings. The van der Waals surface area contributed by atoms with Crippen LogP contribution in [0.3, 0.4) is 0 Å². The lowest BCUT2D eigenvalue weighted by Crippen LogP contribution is -1.89. The van der Waals surface area contributed by atoms with E-state index in [9.17, 15) is 26.3 Å². The maximum absolute atomic E-state index is 14.6. The highest BCUT2D eigenvalue weighted by Gasteiger charge is 2.17. The fourth-order valence-electron chi connectivity index (χ4n) is 6.16. The number of nitrogens with zero attached hydrogens (tertiary/aromatic N) is 1. The summed E-state index contributed by atoms with van der Waals surface area (Å²) in [6.07, 6.45) is 3.44. The number of nitrogens with one attached hydrogen (secondary N) is 3. The topological polar surface area (TPSA) is 60.3 Å². The van der Waals surface area contributed by atoms with Crippen LogP contribution >= 0.6 is 0 Å². The van der Waals surface area contributed by atoms with Crippen LogP contribution in [0.2, 0.25) is 0 Å². The van der Waals surface area contributed by atoms with Crippen LogP contribution in [-0.2, 0) is 0 Å². The number of hydrogen-bond acceptors (Lipinski definition) is 1. The van der Waals surface area contributed by atoms with Gasteiger partial charge in [0.2, 0.25) is 0 Å². The normalized spacial score (nSPS) is 12.0. The monoisotopic (exact) mass is 634 g/mol. The minimum Gasteiger partial charge on any atom is -0.354 e. The summed E-state index contributed by atoms with van der Waals surface area (Å²) < 4.78 is 87.3. The number of halogens is 6. The van der Waals surface area contributed by atoms with E-state index >= 15 is 0 Å². The fourth-order valence-corrected chi connectivity index (χ4v) is 6.16. The molecule has 3 N–H and O–H groups in total. The van der Waals surface area contributed by atoms with Crippen molar-refractivity contribution >= 4 is 45.3 Å². The summed E-state index contributed by atoms with van der Waals surface area (Å²) >= 11 is 0. The lowest BCUT2D eigenvalue weighted by atomic mass is 10.0. The van der Waals surface area contributed by atoms with E-state index in [0.29, 0.717) is 61.2 Å². The van der Waals surface area contributed by atoms with Gasteiger partial charge in [-0.25, -0.2) is 31.3 Å². The molecule has 8 bridgehead atoms. The Morgan fingerprint density at radius 2 is 0.638 bits per heavy atom. The van der Waals surface area contributed by atoms with E-state index in [1.54, 1.807) is 48.6 Å². The summed E-state index contributed by atoms with van der Waals surface area (Å²) in [5.74, 6) is -4.73. The highest BCUT2D eigenvalue weighted by atomic mass is 19.2. The quantitative estimate of drug-likeness (QED) is 0.166. The third-order valence-corrected chi connectivity index (χ3v) is 8.03. The zero-order chi connectivity index (χ0) is 32.4. The molecule has 1 aliphatic heterocycles. The molecule has 0 radical (unpaired) electrons. The second-order valence-electron chi connectivity index (χ2n) is 11.2. The molecule has 230 valence electrons. The van der Waals surface area contributed by atoms with Gasteiger partial charge in [0.05, 0.1) is 16.9 Å². The van der Waals surface area contributed by atoms with Crippen molar-refractivity contribution in [2.45, 2.75) is 0 Å². The maximum Gasteiger partial charge on any atom is 0.126 e. The summed E-state index contributed by atoms with van der Waals surface area (Å²) in [7, 11) is 0. The molecule has 0 aliphatic carbocycles. The Hall–Kier alpha value is -6.03. The van der Waals surface area contributed by atoms with Crippen molar-refractivity contribution in [1.29, 1.82) is 0 Å². The molecular weight excluding hydrogens is 614 g/mol. The average molecular weight is 635 g/mol. The molecule has 10 heteroatoms. The Kier molecular flexibility index (Phi) is 6.54. The molecule has 8 rings (SSSR count). The van der Waals surface area contributed by atoms with Crippen LogP contribution in [0.1, 0.15) is 11.4 Å². The van der Waals surface area contributed by atoms with E-state index in [2.05, 4.69) is 15.0 Å². The van der Waals surface area contributed by atoms with Crippen LogP contribution in [0.5, 0.6) is 0 Å². The van der Waals surface area contributed by atoms with Crippen LogP contribution in [0.15, 0.2) is 91.0 Å². The van der Waals surface area contributed by atoms with Crippen LogP contribution in [0, 0.1) is 34.9 Å². The molecule has 47 heavy (non-hydrogen) atoms. The largest absolute Gasteiger partial charge is 0.354 e. The first-order chi connectivity index (χ1) is 22.7. The SMILES string of the molecule is Fc1cc(F)cc(-c2c3nc(c4ccc([nH]4)c(-c4cc(F)cc(F)c4)c4ccc([nH]4)c(-c4cc(F)cc(F)c4)c4ccc2[nH]4)C=C3)c1. The number of fused-ring (bicyclic) bond motifs is 9. The number of H-pyrrole nitrogens is 3. The molecule has 0 spiro atoms. The van der Waals surface area contributed by atoms with E-state index in [4.69, 9.17) is 4.98 Å². The second kappa shape index (κ2) is 10.8. The zero-order valence-electron chi connectivity index (χ0n) is 24.0. The molecule has 5 heterocycles. The number of hydrogen-bond donors (Lipinski definition) is 3. The fraction of sp³-hybridized carbons (Fsp3) is 0. The Morgan fingerprint density at radius 3 is 1.04 bits per heavy atom. The molecule has 0 saturated carbocycles. The first kappa shape index (κ1) is 28.4. The van der Waals surface area contributed by atoms with E-state index in [1.807, 2.05) is 0 Å². The van der Waals surface area contributed by atoms with Crippen molar-refractivity contribution in [2.24, 2.45) is 0 Å². The van der Waals surface area contributed by atoms with Crippen LogP contribution in [0.25, 0.3) is 78.6 Å². The highest BCUT2D eigenvalue weighted by molar-refractivity contribution is 6.00. The van der Waals surface area contributed by atoms with Crippen LogP contribution < -0.4 is 0 Å². The third kappa shape index (κ3) is 5.13. The van der Waals surface area contributed by atoms with Gasteiger partial charge in [0.25, 0.3) is 0 Å².